The first-order valence-corrected chi connectivity index (χ1v) is 8.61. The molecule has 21 heavy (non-hydrogen) atoms. The summed E-state index contributed by atoms with van der Waals surface area (Å²) in [5.41, 5.74) is 1.81. The van der Waals surface area contributed by atoms with E-state index in [-0.39, 0.29) is 0 Å². The Morgan fingerprint density at radius 3 is 2.19 bits per heavy atom. The summed E-state index contributed by atoms with van der Waals surface area (Å²) in [5.74, 6) is 3.10. The molecule has 1 aromatic rings. The lowest BCUT2D eigenvalue weighted by molar-refractivity contribution is -0.0241. The molecule has 112 valence electrons. The van der Waals surface area contributed by atoms with Crippen LogP contribution in [-0.2, 0) is 11.3 Å². The van der Waals surface area contributed by atoms with Crippen LogP contribution in [0.5, 0.6) is 0 Å². The van der Waals surface area contributed by atoms with Crippen molar-refractivity contribution in [3.05, 3.63) is 48.0 Å². The van der Waals surface area contributed by atoms with E-state index < -0.39 is 0 Å². The SMILES string of the molecule is C(=C\C12CC3CC(CC(C3)C1)C2)/COCc1ccccc1. The van der Waals surface area contributed by atoms with Gasteiger partial charge < -0.3 is 4.74 Å². The minimum Gasteiger partial charge on any atom is -0.373 e. The Kier molecular flexibility index (Phi) is 3.62. The predicted octanol–water partition coefficient (Wildman–Crippen LogP) is 4.98. The maximum Gasteiger partial charge on any atom is 0.0721 e. The van der Waals surface area contributed by atoms with Crippen LogP contribution in [-0.4, -0.2) is 6.61 Å². The van der Waals surface area contributed by atoms with E-state index in [1.54, 1.807) is 0 Å². The molecule has 0 atom stereocenters. The number of hydrogen-bond donors (Lipinski definition) is 0. The number of hydrogen-bond acceptors (Lipinski definition) is 1. The van der Waals surface area contributed by atoms with Gasteiger partial charge in [0, 0.05) is 0 Å². The van der Waals surface area contributed by atoms with E-state index >= 15 is 0 Å². The third-order valence-corrected chi connectivity index (χ3v) is 5.88. The van der Waals surface area contributed by atoms with Crippen molar-refractivity contribution in [2.24, 2.45) is 23.2 Å². The summed E-state index contributed by atoms with van der Waals surface area (Å²) in [4.78, 5) is 0. The van der Waals surface area contributed by atoms with E-state index in [4.69, 9.17) is 4.74 Å². The van der Waals surface area contributed by atoms with Crippen molar-refractivity contribution in [1.82, 2.24) is 0 Å². The molecule has 4 saturated carbocycles. The number of allylic oxidation sites excluding steroid dienone is 1. The molecule has 1 heteroatoms. The zero-order chi connectivity index (χ0) is 14.1. The maximum absolute atomic E-state index is 5.80. The Balaban J connectivity index is 1.30. The number of ether oxygens (including phenoxy) is 1. The zero-order valence-electron chi connectivity index (χ0n) is 12.8. The van der Waals surface area contributed by atoms with Crippen LogP contribution in [0.4, 0.5) is 0 Å². The van der Waals surface area contributed by atoms with E-state index in [1.165, 1.54) is 44.1 Å². The van der Waals surface area contributed by atoms with Gasteiger partial charge in [-0.3, -0.25) is 0 Å². The Morgan fingerprint density at radius 1 is 0.952 bits per heavy atom. The van der Waals surface area contributed by atoms with Crippen molar-refractivity contribution in [1.29, 1.82) is 0 Å². The Bertz CT molecular complexity index is 467. The molecule has 4 fully saturated rings. The second-order valence-electron chi connectivity index (χ2n) is 7.68. The van der Waals surface area contributed by atoms with Gasteiger partial charge in [0.05, 0.1) is 13.2 Å². The normalized spacial score (nSPS) is 37.4. The lowest BCUT2D eigenvalue weighted by Gasteiger charge is -2.55. The largest absolute Gasteiger partial charge is 0.373 e. The second kappa shape index (κ2) is 5.61. The summed E-state index contributed by atoms with van der Waals surface area (Å²) in [6, 6.07) is 10.5. The molecule has 0 radical (unpaired) electrons. The first-order chi connectivity index (χ1) is 10.3. The first-order valence-electron chi connectivity index (χ1n) is 8.61. The van der Waals surface area contributed by atoms with E-state index in [2.05, 4.69) is 42.5 Å². The molecule has 4 bridgehead atoms. The molecule has 0 aliphatic heterocycles. The monoisotopic (exact) mass is 282 g/mol. The van der Waals surface area contributed by atoms with Crippen molar-refractivity contribution < 1.29 is 4.74 Å². The van der Waals surface area contributed by atoms with Gasteiger partial charge in [-0.15, -0.1) is 0 Å². The summed E-state index contributed by atoms with van der Waals surface area (Å²) in [7, 11) is 0. The van der Waals surface area contributed by atoms with Crippen LogP contribution in [0.3, 0.4) is 0 Å². The second-order valence-corrected chi connectivity index (χ2v) is 7.68. The van der Waals surface area contributed by atoms with E-state index in [0.717, 1.165) is 31.0 Å². The molecule has 0 N–H and O–H groups in total. The van der Waals surface area contributed by atoms with E-state index in [9.17, 15) is 0 Å². The van der Waals surface area contributed by atoms with Crippen LogP contribution in [0.1, 0.15) is 44.1 Å². The summed E-state index contributed by atoms with van der Waals surface area (Å²) in [5, 5.41) is 0. The van der Waals surface area contributed by atoms with Crippen molar-refractivity contribution in [3.8, 4) is 0 Å². The van der Waals surface area contributed by atoms with Gasteiger partial charge in [0.15, 0.2) is 0 Å². The van der Waals surface area contributed by atoms with Gasteiger partial charge in [0.1, 0.15) is 0 Å². The summed E-state index contributed by atoms with van der Waals surface area (Å²) in [6.07, 6.45) is 13.8. The molecule has 0 saturated heterocycles. The van der Waals surface area contributed by atoms with Crippen LogP contribution in [0.15, 0.2) is 42.5 Å². The minimum atomic E-state index is 0.546. The summed E-state index contributed by atoms with van der Waals surface area (Å²) < 4.78 is 5.80. The highest BCUT2D eigenvalue weighted by molar-refractivity contribution is 5.14. The Labute approximate surface area is 128 Å². The van der Waals surface area contributed by atoms with Crippen molar-refractivity contribution >= 4 is 0 Å². The molecule has 4 aliphatic carbocycles. The molecule has 5 rings (SSSR count). The average Bonchev–Trinajstić information content (AvgIpc) is 2.46. The molecule has 0 heterocycles. The smallest absolute Gasteiger partial charge is 0.0721 e. The van der Waals surface area contributed by atoms with Gasteiger partial charge >= 0.3 is 0 Å². The summed E-state index contributed by atoms with van der Waals surface area (Å²) >= 11 is 0. The van der Waals surface area contributed by atoms with Crippen LogP contribution in [0, 0.1) is 23.2 Å². The fourth-order valence-electron chi connectivity index (χ4n) is 5.50. The molecule has 0 spiro atoms. The van der Waals surface area contributed by atoms with Gasteiger partial charge in [0.25, 0.3) is 0 Å². The molecule has 0 amide bonds. The third kappa shape index (κ3) is 2.94. The fourth-order valence-corrected chi connectivity index (χ4v) is 5.50. The molecule has 0 aromatic heterocycles. The molecular weight excluding hydrogens is 256 g/mol. The lowest BCUT2D eigenvalue weighted by Crippen LogP contribution is -2.45. The number of benzene rings is 1. The topological polar surface area (TPSA) is 9.23 Å². The fraction of sp³-hybridized carbons (Fsp3) is 0.600. The van der Waals surface area contributed by atoms with E-state index in [0.29, 0.717) is 5.41 Å². The van der Waals surface area contributed by atoms with Gasteiger partial charge in [-0.05, 0) is 67.3 Å². The Hall–Kier alpha value is -1.08. The lowest BCUT2D eigenvalue weighted by atomic mass is 9.49. The molecular formula is C20H26O. The average molecular weight is 282 g/mol. The molecule has 0 unspecified atom stereocenters. The Morgan fingerprint density at radius 2 is 1.57 bits per heavy atom. The van der Waals surface area contributed by atoms with Crippen LogP contribution in [0.25, 0.3) is 0 Å². The molecule has 1 aromatic carbocycles. The highest BCUT2D eigenvalue weighted by atomic mass is 16.5. The van der Waals surface area contributed by atoms with Gasteiger partial charge in [-0.2, -0.15) is 0 Å². The van der Waals surface area contributed by atoms with Crippen molar-refractivity contribution in [2.75, 3.05) is 6.61 Å². The van der Waals surface area contributed by atoms with Crippen LogP contribution >= 0.6 is 0 Å². The highest BCUT2D eigenvalue weighted by Crippen LogP contribution is 2.60. The van der Waals surface area contributed by atoms with Crippen molar-refractivity contribution in [2.45, 2.75) is 45.1 Å². The standard InChI is InChI=1S/C20H26O/c1-2-5-16(6-3-1)15-21-8-4-7-20-12-17-9-18(13-20)11-19(10-17)14-20/h1-7,17-19H,8-15H2/b7-4+. The van der Waals surface area contributed by atoms with Crippen LogP contribution < -0.4 is 0 Å². The maximum atomic E-state index is 5.80. The highest BCUT2D eigenvalue weighted by Gasteiger charge is 2.49. The number of rotatable bonds is 5. The first kappa shape index (κ1) is 13.6. The van der Waals surface area contributed by atoms with Gasteiger partial charge in [0.2, 0.25) is 0 Å². The predicted molar refractivity (Wildman–Crippen MR) is 85.8 cm³/mol. The molecule has 4 aliphatic rings. The van der Waals surface area contributed by atoms with Gasteiger partial charge in [-0.1, -0.05) is 42.5 Å². The van der Waals surface area contributed by atoms with Crippen LogP contribution in [0.2, 0.25) is 0 Å². The van der Waals surface area contributed by atoms with Gasteiger partial charge in [-0.25, -0.2) is 0 Å². The third-order valence-electron chi connectivity index (χ3n) is 5.88. The summed E-state index contributed by atoms with van der Waals surface area (Å²) in [6.45, 7) is 1.49. The minimum absolute atomic E-state index is 0.546. The zero-order valence-corrected chi connectivity index (χ0v) is 12.8. The quantitative estimate of drug-likeness (QED) is 0.547. The van der Waals surface area contributed by atoms with E-state index in [1.807, 2.05) is 0 Å². The molecule has 1 nitrogen and oxygen atoms in total. The van der Waals surface area contributed by atoms with Crippen molar-refractivity contribution in [3.63, 3.8) is 0 Å².